The molecule has 0 spiro atoms. The van der Waals surface area contributed by atoms with Crippen molar-refractivity contribution in [2.75, 3.05) is 7.05 Å². The first-order chi connectivity index (χ1) is 8.52. The molecule has 0 aromatic heterocycles. The number of benzene rings is 1. The average Bonchev–Trinajstić information content (AvgIpc) is 2.36. The number of likely N-dealkylation sites (N-methyl/N-ethyl adjacent to an activating group) is 1. The largest absolute Gasteiger partial charge is 0.334 e. The molecule has 0 bridgehead atoms. The van der Waals surface area contributed by atoms with Crippen LogP contribution >= 0.6 is 0 Å². The minimum atomic E-state index is 0.552. The van der Waals surface area contributed by atoms with Crippen LogP contribution in [-0.2, 0) is 0 Å². The van der Waals surface area contributed by atoms with Gasteiger partial charge in [-0.1, -0.05) is 48.0 Å². The van der Waals surface area contributed by atoms with Crippen molar-refractivity contribution in [3.8, 4) is 0 Å². The average molecular weight is 244 g/mol. The van der Waals surface area contributed by atoms with Crippen molar-refractivity contribution in [2.45, 2.75) is 27.7 Å². The van der Waals surface area contributed by atoms with Gasteiger partial charge >= 0.3 is 0 Å². The van der Waals surface area contributed by atoms with Crippen LogP contribution in [0.5, 0.6) is 0 Å². The predicted octanol–water partition coefficient (Wildman–Crippen LogP) is 4.39. The Bertz CT molecular complexity index is 402. The molecule has 0 radical (unpaired) electrons. The van der Waals surface area contributed by atoms with Crippen LogP contribution in [0.25, 0.3) is 0 Å². The van der Waals surface area contributed by atoms with Crippen LogP contribution in [0.1, 0.15) is 26.3 Å². The Kier molecular flexibility index (Phi) is 8.29. The van der Waals surface area contributed by atoms with Gasteiger partial charge in [-0.15, -0.1) is 0 Å². The number of allylic oxidation sites excluding steroid dienone is 3. The summed E-state index contributed by atoms with van der Waals surface area (Å²) in [5.41, 5.74) is 2.38. The summed E-state index contributed by atoms with van der Waals surface area (Å²) in [7, 11) is 1.89. The molecule has 1 aromatic carbocycles. The van der Waals surface area contributed by atoms with E-state index in [1.807, 2.05) is 62.2 Å². The Morgan fingerprint density at radius 3 is 2.00 bits per heavy atom. The third kappa shape index (κ3) is 6.69. The van der Waals surface area contributed by atoms with Crippen LogP contribution in [0.4, 0.5) is 0 Å². The molecule has 98 valence electrons. The minimum Gasteiger partial charge on any atom is -0.334 e. The first kappa shape index (κ1) is 16.2. The van der Waals surface area contributed by atoms with E-state index in [1.54, 1.807) is 6.92 Å². The van der Waals surface area contributed by atoms with Gasteiger partial charge in [0.1, 0.15) is 0 Å². The van der Waals surface area contributed by atoms with Crippen molar-refractivity contribution in [1.82, 2.24) is 4.90 Å². The second kappa shape index (κ2) is 9.23. The predicted molar refractivity (Wildman–Crippen MR) is 80.9 cm³/mol. The lowest BCUT2D eigenvalue weighted by atomic mass is 10.2. The number of nitrogens with zero attached hydrogens (tertiary/aromatic N) is 1. The first-order valence-electron chi connectivity index (χ1n) is 6.12. The molecule has 1 rings (SSSR count). The number of hydrogen-bond acceptors (Lipinski definition) is 1. The summed E-state index contributed by atoms with van der Waals surface area (Å²) in [6.07, 6.45) is 5.94. The topological polar surface area (TPSA) is 27.1 Å². The quantitative estimate of drug-likeness (QED) is 0.466. The van der Waals surface area contributed by atoms with Gasteiger partial charge in [0.25, 0.3) is 0 Å². The summed E-state index contributed by atoms with van der Waals surface area (Å²) < 4.78 is 0. The van der Waals surface area contributed by atoms with E-state index in [1.165, 1.54) is 5.56 Å². The summed E-state index contributed by atoms with van der Waals surface area (Å²) in [4.78, 5) is 1.83. The number of aryl methyl sites for hydroxylation is 1. The van der Waals surface area contributed by atoms with Crippen LogP contribution in [0.2, 0.25) is 0 Å². The van der Waals surface area contributed by atoms with Crippen LogP contribution < -0.4 is 0 Å². The van der Waals surface area contributed by atoms with E-state index in [9.17, 15) is 0 Å². The molecule has 0 heterocycles. The van der Waals surface area contributed by atoms with Crippen molar-refractivity contribution in [3.05, 3.63) is 59.8 Å². The Morgan fingerprint density at radius 2 is 1.72 bits per heavy atom. The molecule has 0 unspecified atom stereocenters. The van der Waals surface area contributed by atoms with Gasteiger partial charge in [0, 0.05) is 12.7 Å². The summed E-state index contributed by atoms with van der Waals surface area (Å²) in [6.45, 7) is 7.79. The maximum Gasteiger partial charge on any atom is 0.0967 e. The smallest absolute Gasteiger partial charge is 0.0967 e. The minimum absolute atomic E-state index is 0.552. The van der Waals surface area contributed by atoms with E-state index in [-0.39, 0.29) is 0 Å². The Morgan fingerprint density at radius 1 is 1.17 bits per heavy atom. The highest BCUT2D eigenvalue weighted by molar-refractivity contribution is 5.78. The zero-order chi connectivity index (χ0) is 14.0. The third-order valence-corrected chi connectivity index (χ3v) is 2.46. The lowest BCUT2D eigenvalue weighted by Crippen LogP contribution is -2.21. The molecule has 1 N–H and O–H groups in total. The molecule has 2 heteroatoms. The first-order valence-corrected chi connectivity index (χ1v) is 6.12. The second-order valence-corrected chi connectivity index (χ2v) is 4.01. The van der Waals surface area contributed by atoms with Crippen molar-refractivity contribution < 1.29 is 0 Å². The Balaban J connectivity index is 0.000000351. The molecule has 0 saturated carbocycles. The molecule has 2 nitrogen and oxygen atoms in total. The van der Waals surface area contributed by atoms with Crippen molar-refractivity contribution in [3.63, 3.8) is 0 Å². The van der Waals surface area contributed by atoms with E-state index >= 15 is 0 Å². The third-order valence-electron chi connectivity index (χ3n) is 2.46. The number of rotatable bonds is 2. The van der Waals surface area contributed by atoms with Gasteiger partial charge in [0.15, 0.2) is 0 Å². The molecule has 18 heavy (non-hydrogen) atoms. The fourth-order valence-electron chi connectivity index (χ4n) is 1.30. The molecule has 0 atom stereocenters. The van der Waals surface area contributed by atoms with Gasteiger partial charge in [-0.3, -0.25) is 5.41 Å². The highest BCUT2D eigenvalue weighted by Gasteiger charge is 1.99. The SMILES string of the molecule is C/C=C\C(=C/C)N(C)C(C)=N.Cc1ccccc1. The van der Waals surface area contributed by atoms with Crippen LogP contribution in [0.15, 0.2) is 54.3 Å². The molecule has 0 fully saturated rings. The van der Waals surface area contributed by atoms with E-state index in [0.29, 0.717) is 5.84 Å². The second-order valence-electron chi connectivity index (χ2n) is 4.01. The molecule has 0 aliphatic carbocycles. The molecule has 1 aromatic rings. The molecular formula is C16H24N2. The summed E-state index contributed by atoms with van der Waals surface area (Å²) in [5, 5.41) is 7.36. The number of amidine groups is 1. The van der Waals surface area contributed by atoms with Crippen molar-refractivity contribution in [1.29, 1.82) is 5.41 Å². The molecule has 0 amide bonds. The monoisotopic (exact) mass is 244 g/mol. The van der Waals surface area contributed by atoms with Gasteiger partial charge in [-0.05, 0) is 33.8 Å². The van der Waals surface area contributed by atoms with E-state index in [2.05, 4.69) is 19.1 Å². The van der Waals surface area contributed by atoms with E-state index in [0.717, 1.165) is 5.70 Å². The van der Waals surface area contributed by atoms with Crippen molar-refractivity contribution in [2.24, 2.45) is 0 Å². The Labute approximate surface area is 111 Å². The van der Waals surface area contributed by atoms with E-state index < -0.39 is 0 Å². The van der Waals surface area contributed by atoms with Gasteiger partial charge in [0.05, 0.1) is 5.84 Å². The summed E-state index contributed by atoms with van der Waals surface area (Å²) >= 11 is 0. The lowest BCUT2D eigenvalue weighted by molar-refractivity contribution is 0.636. The summed E-state index contributed by atoms with van der Waals surface area (Å²) in [6, 6.07) is 10.3. The van der Waals surface area contributed by atoms with Gasteiger partial charge in [-0.2, -0.15) is 0 Å². The van der Waals surface area contributed by atoms with Crippen molar-refractivity contribution >= 4 is 5.84 Å². The summed E-state index contributed by atoms with van der Waals surface area (Å²) in [5.74, 6) is 0.552. The molecule has 0 aliphatic heterocycles. The zero-order valence-corrected chi connectivity index (χ0v) is 12.1. The van der Waals surface area contributed by atoms with E-state index in [4.69, 9.17) is 5.41 Å². The normalized spacial score (nSPS) is 10.8. The lowest BCUT2D eigenvalue weighted by Gasteiger charge is -2.17. The van der Waals surface area contributed by atoms with Crippen LogP contribution in [0, 0.1) is 12.3 Å². The fourth-order valence-corrected chi connectivity index (χ4v) is 1.30. The van der Waals surface area contributed by atoms with Gasteiger partial charge < -0.3 is 4.90 Å². The van der Waals surface area contributed by atoms with Gasteiger partial charge in [0.2, 0.25) is 0 Å². The maximum absolute atomic E-state index is 7.36. The highest BCUT2D eigenvalue weighted by Crippen LogP contribution is 2.03. The van der Waals surface area contributed by atoms with Crippen LogP contribution in [-0.4, -0.2) is 17.8 Å². The Hall–Kier alpha value is -1.83. The van der Waals surface area contributed by atoms with Crippen LogP contribution in [0.3, 0.4) is 0 Å². The van der Waals surface area contributed by atoms with Gasteiger partial charge in [-0.25, -0.2) is 0 Å². The number of hydrogen-bond donors (Lipinski definition) is 1. The molecular weight excluding hydrogens is 220 g/mol. The molecule has 0 aliphatic rings. The fraction of sp³-hybridized carbons (Fsp3) is 0.312. The number of nitrogens with one attached hydrogen (secondary N) is 1. The maximum atomic E-state index is 7.36. The highest BCUT2D eigenvalue weighted by atomic mass is 15.1. The zero-order valence-electron chi connectivity index (χ0n) is 12.1. The standard InChI is InChI=1S/C9H16N2.C7H8/c1-5-7-9(6-2)11(4)8(3)10;1-7-5-3-2-4-6-7/h5-7,10H,1-4H3;2-6H,1H3/b7-5-,9-6+,10-8?;. The molecule has 0 saturated heterocycles.